The van der Waals surface area contributed by atoms with Crippen molar-refractivity contribution in [2.45, 2.75) is 16.3 Å². The molecule has 0 aromatic heterocycles. The van der Waals surface area contributed by atoms with Gasteiger partial charge in [-0.3, -0.25) is 14.9 Å². The zero-order valence-corrected chi connectivity index (χ0v) is 14.6. The number of nitro groups is 1. The highest BCUT2D eigenvalue weighted by Gasteiger charge is 2.12. The molecular weight excluding hydrogens is 348 g/mol. The molecule has 26 heavy (non-hydrogen) atoms. The Hall–Kier alpha value is -3.12. The second-order valence-electron chi connectivity index (χ2n) is 5.52. The Morgan fingerprint density at radius 1 is 0.923 bits per heavy atom. The van der Waals surface area contributed by atoms with Crippen LogP contribution >= 0.6 is 11.8 Å². The molecule has 3 aromatic rings. The predicted octanol–water partition coefficient (Wildman–Crippen LogP) is 4.68. The molecule has 0 atom stereocenters. The van der Waals surface area contributed by atoms with Crippen molar-refractivity contribution in [3.63, 3.8) is 0 Å². The van der Waals surface area contributed by atoms with E-state index in [-0.39, 0.29) is 11.6 Å². The normalized spacial score (nSPS) is 10.3. The van der Waals surface area contributed by atoms with E-state index >= 15 is 0 Å². The number of nitrogens with one attached hydrogen (secondary N) is 1. The maximum Gasteiger partial charge on any atom is 0.269 e. The van der Waals surface area contributed by atoms with Crippen molar-refractivity contribution in [2.24, 2.45) is 0 Å². The van der Waals surface area contributed by atoms with E-state index in [1.54, 1.807) is 18.2 Å². The number of hydrogen-bond donors (Lipinski definition) is 1. The van der Waals surface area contributed by atoms with Crippen LogP contribution in [0.4, 0.5) is 5.69 Å². The molecule has 0 saturated carbocycles. The number of nitrogens with zero attached hydrogens (tertiary/aromatic N) is 1. The fraction of sp³-hybridized carbons (Fsp3) is 0.0500. The molecule has 0 spiro atoms. The van der Waals surface area contributed by atoms with Gasteiger partial charge in [0, 0.05) is 28.5 Å². The fourth-order valence-corrected chi connectivity index (χ4v) is 3.32. The highest BCUT2D eigenvalue weighted by atomic mass is 32.2. The van der Waals surface area contributed by atoms with Gasteiger partial charge in [0.25, 0.3) is 11.6 Å². The number of carbonyl (C=O) groups excluding carboxylic acids is 1. The lowest BCUT2D eigenvalue weighted by Crippen LogP contribution is -2.23. The lowest BCUT2D eigenvalue weighted by atomic mass is 10.2. The smallest absolute Gasteiger partial charge is 0.269 e. The van der Waals surface area contributed by atoms with Crippen LogP contribution < -0.4 is 5.32 Å². The second kappa shape index (κ2) is 8.31. The van der Waals surface area contributed by atoms with Crippen LogP contribution in [0.25, 0.3) is 0 Å². The molecule has 0 saturated heterocycles. The summed E-state index contributed by atoms with van der Waals surface area (Å²) < 4.78 is 0. The third-order valence-corrected chi connectivity index (χ3v) is 4.79. The molecule has 5 nitrogen and oxygen atoms in total. The first-order valence-corrected chi connectivity index (χ1v) is 8.78. The third kappa shape index (κ3) is 4.49. The van der Waals surface area contributed by atoms with Crippen LogP contribution in [0, 0.1) is 10.1 Å². The number of hydrogen-bond acceptors (Lipinski definition) is 4. The minimum Gasteiger partial charge on any atom is -0.348 e. The van der Waals surface area contributed by atoms with E-state index in [1.165, 1.54) is 23.9 Å². The van der Waals surface area contributed by atoms with E-state index in [1.807, 2.05) is 48.5 Å². The van der Waals surface area contributed by atoms with E-state index in [4.69, 9.17) is 0 Å². The molecule has 0 radical (unpaired) electrons. The largest absolute Gasteiger partial charge is 0.348 e. The second-order valence-corrected chi connectivity index (χ2v) is 6.63. The highest BCUT2D eigenvalue weighted by Crippen LogP contribution is 2.31. The molecule has 0 aliphatic rings. The summed E-state index contributed by atoms with van der Waals surface area (Å²) in [6, 6.07) is 23.3. The van der Waals surface area contributed by atoms with Crippen molar-refractivity contribution in [3.8, 4) is 0 Å². The minimum atomic E-state index is -0.431. The number of amides is 1. The van der Waals surface area contributed by atoms with Crippen molar-refractivity contribution in [1.82, 2.24) is 5.32 Å². The quantitative estimate of drug-likeness (QED) is 0.509. The topological polar surface area (TPSA) is 72.2 Å². The van der Waals surface area contributed by atoms with Crippen molar-refractivity contribution < 1.29 is 9.72 Å². The molecule has 0 fully saturated rings. The molecule has 0 heterocycles. The SMILES string of the molecule is O=C(NCc1ccccc1)c1ccccc1Sc1ccc([N+](=O)[O-])cc1. The van der Waals surface area contributed by atoms with E-state index < -0.39 is 4.92 Å². The van der Waals surface area contributed by atoms with Gasteiger partial charge in [-0.05, 0) is 29.8 Å². The Bertz CT molecular complexity index is 912. The molecule has 130 valence electrons. The number of non-ortho nitro benzene ring substituents is 1. The Morgan fingerprint density at radius 2 is 1.58 bits per heavy atom. The summed E-state index contributed by atoms with van der Waals surface area (Å²) in [5.74, 6) is -0.154. The predicted molar refractivity (Wildman–Crippen MR) is 101 cm³/mol. The summed E-state index contributed by atoms with van der Waals surface area (Å²) in [7, 11) is 0. The van der Waals surface area contributed by atoms with Gasteiger partial charge in [-0.25, -0.2) is 0 Å². The van der Waals surface area contributed by atoms with Gasteiger partial charge in [0.15, 0.2) is 0 Å². The molecule has 0 unspecified atom stereocenters. The van der Waals surface area contributed by atoms with E-state index in [0.717, 1.165) is 15.4 Å². The summed E-state index contributed by atoms with van der Waals surface area (Å²) in [5.41, 5.74) is 1.65. The molecule has 0 aliphatic carbocycles. The number of nitro benzene ring substituents is 1. The van der Waals surface area contributed by atoms with Gasteiger partial charge >= 0.3 is 0 Å². The van der Waals surface area contributed by atoms with Gasteiger partial charge < -0.3 is 5.32 Å². The Kier molecular flexibility index (Phi) is 5.66. The summed E-state index contributed by atoms with van der Waals surface area (Å²) >= 11 is 1.40. The van der Waals surface area contributed by atoms with Gasteiger partial charge in [0.05, 0.1) is 10.5 Å². The number of benzene rings is 3. The Morgan fingerprint density at radius 3 is 2.27 bits per heavy atom. The maximum atomic E-state index is 12.6. The molecule has 1 amide bonds. The van der Waals surface area contributed by atoms with Crippen LogP contribution in [0.2, 0.25) is 0 Å². The first-order chi connectivity index (χ1) is 12.6. The summed E-state index contributed by atoms with van der Waals surface area (Å²) in [4.78, 5) is 24.5. The summed E-state index contributed by atoms with van der Waals surface area (Å²) in [6.45, 7) is 0.455. The third-order valence-electron chi connectivity index (χ3n) is 3.70. The van der Waals surface area contributed by atoms with E-state index in [0.29, 0.717) is 12.1 Å². The average molecular weight is 364 g/mol. The van der Waals surface area contributed by atoms with Gasteiger partial charge in [-0.2, -0.15) is 0 Å². The molecule has 6 heteroatoms. The van der Waals surface area contributed by atoms with Gasteiger partial charge in [-0.1, -0.05) is 54.2 Å². The van der Waals surface area contributed by atoms with Crippen molar-refractivity contribution >= 4 is 23.4 Å². The molecule has 1 N–H and O–H groups in total. The van der Waals surface area contributed by atoms with Crippen LogP contribution in [0.15, 0.2) is 88.7 Å². The lowest BCUT2D eigenvalue weighted by molar-refractivity contribution is -0.384. The van der Waals surface area contributed by atoms with E-state index in [2.05, 4.69) is 5.32 Å². The standard InChI is InChI=1S/C20H16N2O3S/c23-20(21-14-15-6-2-1-3-7-15)18-8-4-5-9-19(18)26-17-12-10-16(11-13-17)22(24)25/h1-13H,14H2,(H,21,23). The van der Waals surface area contributed by atoms with Gasteiger partial charge in [-0.15, -0.1) is 0 Å². The van der Waals surface area contributed by atoms with Crippen molar-refractivity contribution in [1.29, 1.82) is 0 Å². The minimum absolute atomic E-state index is 0.0447. The molecular formula is C20H16N2O3S. The first-order valence-electron chi connectivity index (χ1n) is 7.97. The Balaban J connectivity index is 1.73. The van der Waals surface area contributed by atoms with Gasteiger partial charge in [0.1, 0.15) is 0 Å². The van der Waals surface area contributed by atoms with Crippen LogP contribution in [-0.2, 0) is 6.54 Å². The number of rotatable bonds is 6. The highest BCUT2D eigenvalue weighted by molar-refractivity contribution is 7.99. The van der Waals surface area contributed by atoms with Crippen molar-refractivity contribution in [2.75, 3.05) is 0 Å². The molecule has 3 rings (SSSR count). The molecule has 0 aliphatic heterocycles. The van der Waals surface area contributed by atoms with Crippen LogP contribution in [-0.4, -0.2) is 10.8 Å². The zero-order valence-electron chi connectivity index (χ0n) is 13.8. The van der Waals surface area contributed by atoms with Gasteiger partial charge in [0.2, 0.25) is 0 Å². The van der Waals surface area contributed by atoms with E-state index in [9.17, 15) is 14.9 Å². The Labute approximate surface area is 155 Å². The average Bonchev–Trinajstić information content (AvgIpc) is 2.68. The van der Waals surface area contributed by atoms with Crippen LogP contribution in [0.3, 0.4) is 0 Å². The monoisotopic (exact) mass is 364 g/mol. The fourth-order valence-electron chi connectivity index (χ4n) is 2.38. The molecule has 0 bridgehead atoms. The molecule has 3 aromatic carbocycles. The van der Waals surface area contributed by atoms with Crippen LogP contribution in [0.1, 0.15) is 15.9 Å². The first kappa shape index (κ1) is 17.7. The lowest BCUT2D eigenvalue weighted by Gasteiger charge is -2.10. The number of carbonyl (C=O) groups is 1. The maximum absolute atomic E-state index is 12.6. The summed E-state index contributed by atoms with van der Waals surface area (Å²) in [5, 5.41) is 13.7. The van der Waals surface area contributed by atoms with Crippen LogP contribution in [0.5, 0.6) is 0 Å². The zero-order chi connectivity index (χ0) is 18.4. The van der Waals surface area contributed by atoms with Crippen molar-refractivity contribution in [3.05, 3.63) is 100 Å². The summed E-state index contributed by atoms with van der Waals surface area (Å²) in [6.07, 6.45) is 0.